The van der Waals surface area contributed by atoms with Crippen molar-refractivity contribution < 1.29 is 17.2 Å². The summed E-state index contributed by atoms with van der Waals surface area (Å²) in [5, 5.41) is 0. The van der Waals surface area contributed by atoms with Crippen molar-refractivity contribution in [1.29, 1.82) is 0 Å². The molecular formula is C13H14FNO3S2. The first kappa shape index (κ1) is 15.1. The van der Waals surface area contributed by atoms with Crippen LogP contribution in [0.15, 0.2) is 34.9 Å². The van der Waals surface area contributed by atoms with Crippen molar-refractivity contribution in [3.8, 4) is 11.3 Å². The van der Waals surface area contributed by atoms with E-state index in [2.05, 4.69) is 4.98 Å². The summed E-state index contributed by atoms with van der Waals surface area (Å²) in [6.07, 6.45) is 2.75. The molecule has 0 amide bonds. The van der Waals surface area contributed by atoms with Crippen LogP contribution in [0.4, 0.5) is 4.39 Å². The van der Waals surface area contributed by atoms with E-state index < -0.39 is 9.84 Å². The van der Waals surface area contributed by atoms with Gasteiger partial charge in [-0.1, -0.05) is 12.1 Å². The van der Waals surface area contributed by atoms with E-state index in [1.54, 1.807) is 18.3 Å². The molecule has 4 nitrogen and oxygen atoms in total. The van der Waals surface area contributed by atoms with E-state index in [-0.39, 0.29) is 11.6 Å². The van der Waals surface area contributed by atoms with Crippen molar-refractivity contribution in [2.75, 3.05) is 17.8 Å². The maximum Gasteiger partial charge on any atom is 0.204 e. The number of rotatable bonds is 6. The van der Waals surface area contributed by atoms with Crippen LogP contribution in [0.3, 0.4) is 0 Å². The SMILES string of the molecule is CS(=O)(=O)CCSCc1ncc(-c2cccc(F)c2)o1. The van der Waals surface area contributed by atoms with Gasteiger partial charge in [0.25, 0.3) is 0 Å². The van der Waals surface area contributed by atoms with Crippen LogP contribution in [0.2, 0.25) is 0 Å². The summed E-state index contributed by atoms with van der Waals surface area (Å²) >= 11 is 1.44. The Bertz CT molecular complexity index is 682. The second kappa shape index (κ2) is 6.41. The highest BCUT2D eigenvalue weighted by Crippen LogP contribution is 2.22. The molecule has 0 saturated heterocycles. The van der Waals surface area contributed by atoms with Crippen LogP contribution in [0.1, 0.15) is 5.89 Å². The van der Waals surface area contributed by atoms with E-state index in [0.29, 0.717) is 28.7 Å². The summed E-state index contributed by atoms with van der Waals surface area (Å²) < 4.78 is 40.6. The van der Waals surface area contributed by atoms with Gasteiger partial charge in [-0.25, -0.2) is 17.8 Å². The molecule has 7 heteroatoms. The van der Waals surface area contributed by atoms with Crippen LogP contribution in [-0.2, 0) is 15.6 Å². The van der Waals surface area contributed by atoms with Crippen LogP contribution >= 0.6 is 11.8 Å². The monoisotopic (exact) mass is 315 g/mol. The number of oxazole rings is 1. The molecule has 2 rings (SSSR count). The highest BCUT2D eigenvalue weighted by atomic mass is 32.2. The Balaban J connectivity index is 1.93. The Morgan fingerprint density at radius 1 is 1.40 bits per heavy atom. The normalized spacial score (nSPS) is 11.7. The molecule has 1 heterocycles. The Morgan fingerprint density at radius 3 is 2.90 bits per heavy atom. The minimum atomic E-state index is -2.93. The zero-order chi connectivity index (χ0) is 14.6. The van der Waals surface area contributed by atoms with E-state index in [1.165, 1.54) is 30.2 Å². The molecule has 0 bridgehead atoms. The zero-order valence-electron chi connectivity index (χ0n) is 10.9. The highest BCUT2D eigenvalue weighted by Gasteiger charge is 2.08. The topological polar surface area (TPSA) is 60.2 Å². The number of aromatic nitrogens is 1. The Kier molecular flexibility index (Phi) is 4.82. The van der Waals surface area contributed by atoms with E-state index in [0.717, 1.165) is 0 Å². The second-order valence-electron chi connectivity index (χ2n) is 4.31. The first-order valence-electron chi connectivity index (χ1n) is 5.90. The maximum atomic E-state index is 13.1. The van der Waals surface area contributed by atoms with Gasteiger partial charge in [0.05, 0.1) is 17.7 Å². The summed E-state index contributed by atoms with van der Waals surface area (Å²) in [6, 6.07) is 6.08. The molecule has 0 aliphatic heterocycles. The predicted octanol–water partition coefficient (Wildman–Crippen LogP) is 2.76. The number of sulfone groups is 1. The molecule has 0 N–H and O–H groups in total. The lowest BCUT2D eigenvalue weighted by molar-refractivity contribution is 0.529. The Morgan fingerprint density at radius 2 is 2.20 bits per heavy atom. The summed E-state index contributed by atoms with van der Waals surface area (Å²) in [6.45, 7) is 0. The molecular weight excluding hydrogens is 301 g/mol. The first-order valence-corrected chi connectivity index (χ1v) is 9.12. The molecule has 0 aliphatic rings. The largest absolute Gasteiger partial charge is 0.440 e. The molecule has 0 unspecified atom stereocenters. The molecule has 1 aromatic carbocycles. The van der Waals surface area contributed by atoms with Crippen molar-refractivity contribution in [2.45, 2.75) is 5.75 Å². The predicted molar refractivity (Wildman–Crippen MR) is 77.8 cm³/mol. The molecule has 0 fully saturated rings. The van der Waals surface area contributed by atoms with Gasteiger partial charge in [0.15, 0.2) is 5.76 Å². The van der Waals surface area contributed by atoms with Gasteiger partial charge in [-0.15, -0.1) is 0 Å². The molecule has 0 spiro atoms. The Hall–Kier alpha value is -1.34. The number of hydrogen-bond donors (Lipinski definition) is 0. The van der Waals surface area contributed by atoms with E-state index >= 15 is 0 Å². The molecule has 2 aromatic rings. The minimum absolute atomic E-state index is 0.134. The standard InChI is InChI=1S/C13H14FNO3S2/c1-20(16,17)6-5-19-9-13-15-8-12(18-13)10-3-2-4-11(14)7-10/h2-4,7-8H,5-6,9H2,1H3. The van der Waals surface area contributed by atoms with Crippen molar-refractivity contribution in [2.24, 2.45) is 0 Å². The number of benzene rings is 1. The fourth-order valence-corrected chi connectivity index (χ4v) is 3.66. The van der Waals surface area contributed by atoms with Gasteiger partial charge >= 0.3 is 0 Å². The van der Waals surface area contributed by atoms with Gasteiger partial charge in [-0.2, -0.15) is 11.8 Å². The first-order chi connectivity index (χ1) is 9.44. The van der Waals surface area contributed by atoms with Crippen molar-refractivity contribution >= 4 is 21.6 Å². The third-order valence-corrected chi connectivity index (χ3v) is 4.63. The maximum absolute atomic E-state index is 13.1. The summed E-state index contributed by atoms with van der Waals surface area (Å²) in [5.41, 5.74) is 0.630. The molecule has 1 aromatic heterocycles. The lowest BCUT2D eigenvalue weighted by atomic mass is 10.2. The quantitative estimate of drug-likeness (QED) is 0.767. The van der Waals surface area contributed by atoms with Crippen LogP contribution in [0.5, 0.6) is 0 Å². The van der Waals surface area contributed by atoms with E-state index in [4.69, 9.17) is 4.42 Å². The number of nitrogens with zero attached hydrogens (tertiary/aromatic N) is 1. The molecule has 0 radical (unpaired) electrons. The van der Waals surface area contributed by atoms with Gasteiger partial charge in [-0.05, 0) is 12.1 Å². The van der Waals surface area contributed by atoms with Crippen molar-refractivity contribution in [1.82, 2.24) is 4.98 Å². The molecule has 0 aliphatic carbocycles. The fourth-order valence-electron chi connectivity index (χ4n) is 1.52. The lowest BCUT2D eigenvalue weighted by Gasteiger charge is -1.98. The van der Waals surface area contributed by atoms with Crippen LogP contribution in [-0.4, -0.2) is 31.2 Å². The van der Waals surface area contributed by atoms with E-state index in [1.807, 2.05) is 0 Å². The number of hydrogen-bond acceptors (Lipinski definition) is 5. The summed E-state index contributed by atoms with van der Waals surface area (Å²) in [5.74, 6) is 1.80. The fraction of sp³-hybridized carbons (Fsp3) is 0.308. The van der Waals surface area contributed by atoms with E-state index in [9.17, 15) is 12.8 Å². The third kappa shape index (κ3) is 4.64. The number of thioether (sulfide) groups is 1. The molecule has 0 atom stereocenters. The van der Waals surface area contributed by atoms with Crippen molar-refractivity contribution in [3.63, 3.8) is 0 Å². The van der Waals surface area contributed by atoms with Crippen molar-refractivity contribution in [3.05, 3.63) is 42.2 Å². The Labute approximate surface area is 121 Å². The second-order valence-corrected chi connectivity index (χ2v) is 7.68. The summed E-state index contributed by atoms with van der Waals surface area (Å²) in [4.78, 5) is 4.10. The van der Waals surface area contributed by atoms with Gasteiger partial charge in [-0.3, -0.25) is 0 Å². The number of halogens is 1. The summed E-state index contributed by atoms with van der Waals surface area (Å²) in [7, 11) is -2.93. The molecule has 108 valence electrons. The smallest absolute Gasteiger partial charge is 0.204 e. The van der Waals surface area contributed by atoms with Gasteiger partial charge in [0.2, 0.25) is 5.89 Å². The molecule has 0 saturated carbocycles. The average molecular weight is 315 g/mol. The third-order valence-electron chi connectivity index (χ3n) is 2.49. The molecule has 20 heavy (non-hydrogen) atoms. The van der Waals surface area contributed by atoms with Crippen LogP contribution in [0.25, 0.3) is 11.3 Å². The lowest BCUT2D eigenvalue weighted by Crippen LogP contribution is -2.05. The van der Waals surface area contributed by atoms with Crippen LogP contribution in [0, 0.1) is 5.82 Å². The van der Waals surface area contributed by atoms with Gasteiger partial charge < -0.3 is 4.42 Å². The minimum Gasteiger partial charge on any atom is -0.440 e. The average Bonchev–Trinajstić information content (AvgIpc) is 2.82. The highest BCUT2D eigenvalue weighted by molar-refractivity contribution is 7.99. The van der Waals surface area contributed by atoms with Crippen LogP contribution < -0.4 is 0 Å². The van der Waals surface area contributed by atoms with Gasteiger partial charge in [0, 0.05) is 17.6 Å². The van der Waals surface area contributed by atoms with Gasteiger partial charge in [0.1, 0.15) is 15.7 Å². The zero-order valence-corrected chi connectivity index (χ0v) is 12.5.